The van der Waals surface area contributed by atoms with E-state index in [2.05, 4.69) is 15.5 Å². The first-order valence-electron chi connectivity index (χ1n) is 5.12. The van der Waals surface area contributed by atoms with Crippen LogP contribution < -0.4 is 5.32 Å². The smallest absolute Gasteiger partial charge is 0.250 e. The lowest BCUT2D eigenvalue weighted by Crippen LogP contribution is -2.32. The SMILES string of the molecule is CCCCNC(=O)C1C=C(SF)C=CN=N1. The number of nitrogens with zero attached hydrogens (tertiary/aromatic N) is 2. The van der Waals surface area contributed by atoms with Crippen LogP contribution in [0.4, 0.5) is 3.89 Å². The maximum absolute atomic E-state index is 12.4. The molecule has 0 aromatic heterocycles. The zero-order valence-corrected chi connectivity index (χ0v) is 9.84. The van der Waals surface area contributed by atoms with Crippen LogP contribution in [0.5, 0.6) is 0 Å². The largest absolute Gasteiger partial charge is 0.354 e. The highest BCUT2D eigenvalue weighted by atomic mass is 32.2. The van der Waals surface area contributed by atoms with Gasteiger partial charge in [0.25, 0.3) is 5.91 Å². The average Bonchev–Trinajstić information content (AvgIpc) is 2.54. The number of amides is 1. The second kappa shape index (κ2) is 7.16. The van der Waals surface area contributed by atoms with Crippen molar-refractivity contribution in [2.24, 2.45) is 10.2 Å². The Morgan fingerprint density at radius 1 is 1.69 bits per heavy atom. The molecule has 0 saturated heterocycles. The van der Waals surface area contributed by atoms with E-state index in [0.29, 0.717) is 11.4 Å². The molecule has 1 amide bonds. The Morgan fingerprint density at radius 3 is 3.19 bits per heavy atom. The van der Waals surface area contributed by atoms with Crippen molar-refractivity contribution in [2.45, 2.75) is 25.8 Å². The van der Waals surface area contributed by atoms with Gasteiger partial charge in [0.15, 0.2) is 6.04 Å². The normalized spacial score (nSPS) is 19.1. The number of hydrogen-bond acceptors (Lipinski definition) is 4. The molecule has 1 heterocycles. The van der Waals surface area contributed by atoms with Crippen LogP contribution in [-0.4, -0.2) is 18.5 Å². The minimum atomic E-state index is -0.731. The third kappa shape index (κ3) is 4.14. The highest BCUT2D eigenvalue weighted by Crippen LogP contribution is 2.21. The third-order valence-electron chi connectivity index (χ3n) is 2.01. The molecule has 1 N–H and O–H groups in total. The van der Waals surface area contributed by atoms with Crippen LogP contribution in [0, 0.1) is 0 Å². The summed E-state index contributed by atoms with van der Waals surface area (Å²) in [4.78, 5) is 12.0. The summed E-state index contributed by atoms with van der Waals surface area (Å²) in [5.74, 6) is -0.243. The molecule has 0 fully saturated rings. The molecule has 1 rings (SSSR count). The van der Waals surface area contributed by atoms with Gasteiger partial charge in [0.2, 0.25) is 0 Å². The van der Waals surface area contributed by atoms with E-state index in [1.54, 1.807) is 0 Å². The van der Waals surface area contributed by atoms with Crippen molar-refractivity contribution >= 4 is 18.1 Å². The van der Waals surface area contributed by atoms with Crippen molar-refractivity contribution in [2.75, 3.05) is 6.54 Å². The lowest BCUT2D eigenvalue weighted by Gasteiger charge is -2.07. The lowest BCUT2D eigenvalue weighted by molar-refractivity contribution is -0.121. The molecule has 4 nitrogen and oxygen atoms in total. The van der Waals surface area contributed by atoms with Crippen LogP contribution in [0.25, 0.3) is 0 Å². The fraction of sp³-hybridized carbons (Fsp3) is 0.500. The van der Waals surface area contributed by atoms with Gasteiger partial charge in [-0.2, -0.15) is 14.1 Å². The van der Waals surface area contributed by atoms with Crippen LogP contribution in [0.2, 0.25) is 0 Å². The summed E-state index contributed by atoms with van der Waals surface area (Å²) in [7, 11) is 0. The Hall–Kier alpha value is -1.17. The molecular weight excluding hydrogens is 229 g/mol. The summed E-state index contributed by atoms with van der Waals surface area (Å²) < 4.78 is 12.4. The molecule has 0 aliphatic carbocycles. The highest BCUT2D eigenvalue weighted by molar-refractivity contribution is 7.98. The van der Waals surface area contributed by atoms with E-state index in [1.165, 1.54) is 18.4 Å². The van der Waals surface area contributed by atoms with Crippen molar-refractivity contribution in [3.05, 3.63) is 23.3 Å². The summed E-state index contributed by atoms with van der Waals surface area (Å²) in [6.07, 6.45) is 6.24. The van der Waals surface area contributed by atoms with Crippen molar-refractivity contribution < 1.29 is 8.68 Å². The third-order valence-corrected chi connectivity index (χ3v) is 2.46. The molecular formula is C10H14FN3OS. The van der Waals surface area contributed by atoms with Gasteiger partial charge >= 0.3 is 0 Å². The van der Waals surface area contributed by atoms with E-state index in [1.807, 2.05) is 6.92 Å². The molecule has 0 bridgehead atoms. The van der Waals surface area contributed by atoms with E-state index in [9.17, 15) is 8.68 Å². The first kappa shape index (κ1) is 12.9. The van der Waals surface area contributed by atoms with Crippen molar-refractivity contribution in [1.82, 2.24) is 5.32 Å². The van der Waals surface area contributed by atoms with Gasteiger partial charge in [-0.1, -0.05) is 13.3 Å². The number of allylic oxidation sites excluding steroid dienone is 1. The molecule has 0 aromatic carbocycles. The summed E-state index contributed by atoms with van der Waals surface area (Å²) in [5.41, 5.74) is 0. The molecule has 0 aromatic rings. The zero-order valence-electron chi connectivity index (χ0n) is 9.02. The van der Waals surface area contributed by atoms with Crippen LogP contribution in [0.3, 0.4) is 0 Å². The van der Waals surface area contributed by atoms with Gasteiger partial charge in [-0.3, -0.25) is 4.79 Å². The number of nitrogens with one attached hydrogen (secondary N) is 1. The van der Waals surface area contributed by atoms with E-state index in [4.69, 9.17) is 0 Å². The number of azo groups is 1. The Kier molecular flexibility index (Phi) is 5.77. The van der Waals surface area contributed by atoms with Crippen LogP contribution in [0.15, 0.2) is 33.5 Å². The minimum absolute atomic E-state index is 0.0829. The minimum Gasteiger partial charge on any atom is -0.354 e. The van der Waals surface area contributed by atoms with Crippen molar-refractivity contribution in [3.63, 3.8) is 0 Å². The molecule has 6 heteroatoms. The topological polar surface area (TPSA) is 53.8 Å². The second-order valence-electron chi connectivity index (χ2n) is 3.28. The van der Waals surface area contributed by atoms with Gasteiger partial charge in [-0.15, -0.1) is 0 Å². The number of carbonyl (C=O) groups is 1. The van der Waals surface area contributed by atoms with E-state index < -0.39 is 6.04 Å². The number of hydrogen-bond donors (Lipinski definition) is 1. The van der Waals surface area contributed by atoms with Crippen LogP contribution in [0.1, 0.15) is 19.8 Å². The summed E-state index contributed by atoms with van der Waals surface area (Å²) in [6.45, 7) is 2.65. The quantitative estimate of drug-likeness (QED) is 0.755. The Bertz CT molecular complexity index is 328. The standard InChI is InChI=1S/C10H14FN3OS/c1-2-3-5-12-10(15)9-7-8(16-11)4-6-13-14-9/h4,6-7,9H,2-3,5H2,1H3,(H,12,15). The molecule has 88 valence electrons. The van der Waals surface area contributed by atoms with E-state index in [-0.39, 0.29) is 18.1 Å². The zero-order chi connectivity index (χ0) is 11.8. The molecule has 1 unspecified atom stereocenters. The van der Waals surface area contributed by atoms with Gasteiger partial charge < -0.3 is 5.32 Å². The van der Waals surface area contributed by atoms with Crippen LogP contribution >= 0.6 is 12.1 Å². The summed E-state index contributed by atoms with van der Waals surface area (Å²) in [5, 5.41) is 10.2. The van der Waals surface area contributed by atoms with Gasteiger partial charge in [0.05, 0.1) is 18.3 Å². The maximum atomic E-state index is 12.4. The predicted molar refractivity (Wildman–Crippen MR) is 62.5 cm³/mol. The number of carbonyl (C=O) groups excluding carboxylic acids is 1. The Morgan fingerprint density at radius 2 is 2.50 bits per heavy atom. The van der Waals surface area contributed by atoms with Gasteiger partial charge in [0.1, 0.15) is 0 Å². The van der Waals surface area contributed by atoms with Gasteiger partial charge in [-0.05, 0) is 18.6 Å². The molecule has 0 saturated carbocycles. The number of halogens is 1. The first-order valence-corrected chi connectivity index (χ1v) is 5.84. The fourth-order valence-corrected chi connectivity index (χ4v) is 1.43. The molecule has 0 spiro atoms. The fourth-order valence-electron chi connectivity index (χ4n) is 1.13. The predicted octanol–water partition coefficient (Wildman–Crippen LogP) is 2.75. The average molecular weight is 243 g/mol. The number of rotatable bonds is 5. The molecule has 1 atom stereocenters. The maximum Gasteiger partial charge on any atom is 0.250 e. The van der Waals surface area contributed by atoms with Gasteiger partial charge in [-0.25, -0.2) is 0 Å². The summed E-state index contributed by atoms with van der Waals surface area (Å²) in [6, 6.07) is -0.731. The second-order valence-corrected chi connectivity index (χ2v) is 3.91. The van der Waals surface area contributed by atoms with E-state index in [0.717, 1.165) is 12.8 Å². The summed E-state index contributed by atoms with van der Waals surface area (Å²) >= 11 is 0.0829. The Labute approximate surface area is 98.4 Å². The molecule has 16 heavy (non-hydrogen) atoms. The van der Waals surface area contributed by atoms with Crippen molar-refractivity contribution in [3.8, 4) is 0 Å². The van der Waals surface area contributed by atoms with Gasteiger partial charge in [0, 0.05) is 11.4 Å². The Balaban J connectivity index is 2.54. The number of unbranched alkanes of at least 4 members (excludes halogenated alkanes) is 1. The van der Waals surface area contributed by atoms with Crippen LogP contribution in [-0.2, 0) is 4.79 Å². The monoisotopic (exact) mass is 243 g/mol. The molecule has 1 aliphatic heterocycles. The molecule has 0 radical (unpaired) electrons. The van der Waals surface area contributed by atoms with E-state index >= 15 is 0 Å². The molecule has 1 aliphatic rings. The first-order chi connectivity index (χ1) is 7.77. The van der Waals surface area contributed by atoms with Crippen molar-refractivity contribution in [1.29, 1.82) is 0 Å². The highest BCUT2D eigenvalue weighted by Gasteiger charge is 2.16. The lowest BCUT2D eigenvalue weighted by atomic mass is 10.2.